The van der Waals surface area contributed by atoms with Crippen molar-refractivity contribution in [2.24, 2.45) is 5.92 Å². The highest BCUT2D eigenvalue weighted by molar-refractivity contribution is 7.10. The van der Waals surface area contributed by atoms with Gasteiger partial charge in [0, 0.05) is 23.9 Å². The molecule has 0 radical (unpaired) electrons. The molecule has 2 heterocycles. The van der Waals surface area contributed by atoms with E-state index >= 15 is 0 Å². The molecule has 4 rings (SSSR count). The monoisotopic (exact) mass is 482 g/mol. The molecule has 1 aromatic carbocycles. The average Bonchev–Trinajstić information content (AvgIpc) is 3.54. The van der Waals surface area contributed by atoms with Crippen LogP contribution >= 0.6 is 11.3 Å². The molecule has 1 aliphatic carbocycles. The van der Waals surface area contributed by atoms with Gasteiger partial charge in [-0.3, -0.25) is 9.59 Å². The third-order valence-electron chi connectivity index (χ3n) is 7.21. The molecule has 1 aromatic heterocycles. The van der Waals surface area contributed by atoms with E-state index in [1.807, 2.05) is 21.9 Å². The van der Waals surface area contributed by atoms with Crippen molar-refractivity contribution in [1.29, 1.82) is 0 Å². The lowest BCUT2D eigenvalue weighted by atomic mass is 10.00. The molecule has 0 bridgehead atoms. The van der Waals surface area contributed by atoms with Crippen molar-refractivity contribution >= 4 is 23.2 Å². The first kappa shape index (κ1) is 24.8. The van der Waals surface area contributed by atoms with Crippen LogP contribution in [0.1, 0.15) is 80.8 Å². The van der Waals surface area contributed by atoms with E-state index in [-0.39, 0.29) is 30.3 Å². The maximum absolute atomic E-state index is 13.6. The second kappa shape index (κ2) is 11.4. The van der Waals surface area contributed by atoms with Crippen molar-refractivity contribution in [1.82, 2.24) is 9.80 Å². The Balaban J connectivity index is 1.47. The largest absolute Gasteiger partial charge is 0.491 e. The van der Waals surface area contributed by atoms with Gasteiger partial charge in [0.2, 0.25) is 11.8 Å². The molecule has 5 nitrogen and oxygen atoms in total. The van der Waals surface area contributed by atoms with Crippen LogP contribution in [0.3, 0.4) is 0 Å². The number of hydrogen-bond donors (Lipinski definition) is 0. The number of rotatable bonds is 9. The van der Waals surface area contributed by atoms with Crippen molar-refractivity contribution < 1.29 is 14.3 Å². The Hall–Kier alpha value is -2.34. The lowest BCUT2D eigenvalue weighted by Gasteiger charge is -2.37. The number of ether oxygens (including phenoxy) is 1. The number of fused-ring (bicyclic) bond motifs is 1. The second-order valence-electron chi connectivity index (χ2n) is 9.93. The van der Waals surface area contributed by atoms with Gasteiger partial charge < -0.3 is 14.5 Å². The maximum atomic E-state index is 13.6. The third-order valence-corrected chi connectivity index (χ3v) is 8.20. The zero-order valence-electron chi connectivity index (χ0n) is 20.8. The van der Waals surface area contributed by atoms with Crippen LogP contribution in [-0.2, 0) is 16.0 Å². The summed E-state index contributed by atoms with van der Waals surface area (Å²) < 4.78 is 6.20. The van der Waals surface area contributed by atoms with E-state index in [2.05, 4.69) is 44.4 Å². The molecule has 1 aliphatic heterocycles. The van der Waals surface area contributed by atoms with E-state index < -0.39 is 0 Å². The number of thiophene rings is 1. The molecule has 0 spiro atoms. The van der Waals surface area contributed by atoms with Crippen LogP contribution < -0.4 is 4.74 Å². The minimum Gasteiger partial charge on any atom is -0.491 e. The lowest BCUT2D eigenvalue weighted by Crippen LogP contribution is -2.48. The normalized spacial score (nSPS) is 18.2. The molecule has 6 heteroatoms. The quantitative estimate of drug-likeness (QED) is 0.453. The van der Waals surface area contributed by atoms with Crippen LogP contribution in [0.15, 0.2) is 35.7 Å². The summed E-state index contributed by atoms with van der Waals surface area (Å²) >= 11 is 1.76. The minimum atomic E-state index is -0.127. The number of carbonyl (C=O) groups is 2. The highest BCUT2D eigenvalue weighted by atomic mass is 32.1. The summed E-state index contributed by atoms with van der Waals surface area (Å²) in [5, 5.41) is 2.11. The molecule has 2 aromatic rings. The summed E-state index contributed by atoms with van der Waals surface area (Å²) in [6.07, 6.45) is 5.88. The van der Waals surface area contributed by atoms with Gasteiger partial charge in [0.05, 0.1) is 12.6 Å². The summed E-state index contributed by atoms with van der Waals surface area (Å²) in [6, 6.07) is 10.2. The molecule has 1 fully saturated rings. The van der Waals surface area contributed by atoms with Gasteiger partial charge in [-0.05, 0) is 66.3 Å². The van der Waals surface area contributed by atoms with Crippen LogP contribution in [0, 0.1) is 5.92 Å². The Morgan fingerprint density at radius 2 is 1.88 bits per heavy atom. The molecule has 1 atom stereocenters. The Morgan fingerprint density at radius 1 is 1.15 bits per heavy atom. The Morgan fingerprint density at radius 3 is 2.56 bits per heavy atom. The summed E-state index contributed by atoms with van der Waals surface area (Å²) in [6.45, 7) is 8.33. The molecule has 1 saturated carbocycles. The first-order valence-electron chi connectivity index (χ1n) is 12.8. The predicted octanol–water partition coefficient (Wildman–Crippen LogP) is 5.81. The number of benzene rings is 1. The van der Waals surface area contributed by atoms with Gasteiger partial charge in [-0.1, -0.05) is 45.7 Å². The van der Waals surface area contributed by atoms with Gasteiger partial charge >= 0.3 is 0 Å². The fourth-order valence-electron chi connectivity index (χ4n) is 5.22. The van der Waals surface area contributed by atoms with Crippen LogP contribution in [0.4, 0.5) is 0 Å². The molecule has 0 unspecified atom stereocenters. The van der Waals surface area contributed by atoms with Gasteiger partial charge in [0.25, 0.3) is 0 Å². The highest BCUT2D eigenvalue weighted by Crippen LogP contribution is 2.34. The van der Waals surface area contributed by atoms with E-state index in [0.29, 0.717) is 25.6 Å². The molecule has 2 aliphatic rings. The van der Waals surface area contributed by atoms with E-state index in [0.717, 1.165) is 44.3 Å². The van der Waals surface area contributed by atoms with Crippen molar-refractivity contribution in [3.63, 3.8) is 0 Å². The number of nitrogens with zero attached hydrogens (tertiary/aromatic N) is 2. The third kappa shape index (κ3) is 5.65. The summed E-state index contributed by atoms with van der Waals surface area (Å²) in [7, 11) is 0. The fraction of sp³-hybridized carbons (Fsp3) is 0.571. The van der Waals surface area contributed by atoms with E-state index in [1.165, 1.54) is 16.0 Å². The number of hydrogen-bond acceptors (Lipinski definition) is 4. The van der Waals surface area contributed by atoms with Crippen LogP contribution in [0.2, 0.25) is 0 Å². The first-order chi connectivity index (χ1) is 16.5. The zero-order valence-corrected chi connectivity index (χ0v) is 21.6. The Kier molecular flexibility index (Phi) is 8.30. The molecular weight excluding hydrogens is 444 g/mol. The predicted molar refractivity (Wildman–Crippen MR) is 137 cm³/mol. The number of amides is 2. The van der Waals surface area contributed by atoms with Gasteiger partial charge in [-0.25, -0.2) is 0 Å². The Bertz CT molecular complexity index is 962. The fourth-order valence-corrected chi connectivity index (χ4v) is 6.15. The second-order valence-corrected chi connectivity index (χ2v) is 10.9. The van der Waals surface area contributed by atoms with Crippen molar-refractivity contribution in [2.75, 3.05) is 26.2 Å². The van der Waals surface area contributed by atoms with E-state index in [1.54, 1.807) is 11.3 Å². The Labute approximate surface area is 208 Å². The van der Waals surface area contributed by atoms with E-state index in [4.69, 9.17) is 4.74 Å². The molecule has 184 valence electrons. The molecule has 0 saturated heterocycles. The van der Waals surface area contributed by atoms with E-state index in [9.17, 15) is 9.59 Å². The number of carbonyl (C=O) groups excluding carboxylic acids is 2. The molecule has 2 amide bonds. The smallest absolute Gasteiger partial charge is 0.242 e. The standard InChI is InChI=1S/C28H38N2O3S/c1-4-15-29(28(32)22-7-5-6-8-22)18-27(31)30-16-13-26-24(14-17-34-26)25(30)19-33-23-11-9-21(10-12-23)20(2)3/h9-12,14,17,20,22,25H,4-8,13,15-16,18-19H2,1-3H3/t25-/m1/s1. The maximum Gasteiger partial charge on any atom is 0.242 e. The lowest BCUT2D eigenvalue weighted by molar-refractivity contribution is -0.144. The SMILES string of the molecule is CCCN(CC(=O)N1CCc2sccc2[C@H]1COc1ccc(C(C)C)cc1)C(=O)C1CCCC1. The van der Waals surface area contributed by atoms with Crippen molar-refractivity contribution in [3.05, 3.63) is 51.7 Å². The van der Waals surface area contributed by atoms with Gasteiger partial charge in [-0.15, -0.1) is 11.3 Å². The van der Waals surface area contributed by atoms with Gasteiger partial charge in [-0.2, -0.15) is 0 Å². The van der Waals surface area contributed by atoms with Crippen molar-refractivity contribution in [2.45, 2.75) is 71.3 Å². The first-order valence-corrected chi connectivity index (χ1v) is 13.7. The molecule has 0 N–H and O–H groups in total. The summed E-state index contributed by atoms with van der Waals surface area (Å²) in [5.74, 6) is 1.59. The van der Waals surface area contributed by atoms with Crippen LogP contribution in [0.5, 0.6) is 5.75 Å². The summed E-state index contributed by atoms with van der Waals surface area (Å²) in [5.41, 5.74) is 2.47. The van der Waals surface area contributed by atoms with Crippen molar-refractivity contribution in [3.8, 4) is 5.75 Å². The summed E-state index contributed by atoms with van der Waals surface area (Å²) in [4.78, 5) is 31.8. The van der Waals surface area contributed by atoms with Gasteiger partial charge in [0.1, 0.15) is 12.4 Å². The highest BCUT2D eigenvalue weighted by Gasteiger charge is 2.34. The molecular formula is C28H38N2O3S. The topological polar surface area (TPSA) is 49.9 Å². The zero-order chi connectivity index (χ0) is 24.1. The van der Waals surface area contributed by atoms with Crippen LogP contribution in [-0.4, -0.2) is 47.9 Å². The van der Waals surface area contributed by atoms with Crippen LogP contribution in [0.25, 0.3) is 0 Å². The average molecular weight is 483 g/mol. The molecule has 34 heavy (non-hydrogen) atoms. The minimum absolute atomic E-state index is 0.0282. The van der Waals surface area contributed by atoms with Gasteiger partial charge in [0.15, 0.2) is 0 Å².